The van der Waals surface area contributed by atoms with Crippen molar-refractivity contribution < 1.29 is 106 Å². The Kier molecular flexibility index (Phi) is 31.8. The number of fused-ring (bicyclic) bond motifs is 5. The van der Waals surface area contributed by atoms with Crippen molar-refractivity contribution in [3.8, 4) is 86.2 Å². The van der Waals surface area contributed by atoms with Crippen molar-refractivity contribution in [1.82, 2.24) is 20.4 Å². The number of carboxylic acids is 3. The summed E-state index contributed by atoms with van der Waals surface area (Å²) in [6, 6.07) is 69.7. The number of amides is 1. The quantitative estimate of drug-likeness (QED) is 0.0336. The monoisotopic (exact) mass is 1850 g/mol. The zero-order chi connectivity index (χ0) is 92.8. The average molecular weight is 1850 g/mol. The number of aliphatic carboxylic acids is 3. The van der Waals surface area contributed by atoms with Gasteiger partial charge in [0.1, 0.15) is 28.7 Å². The van der Waals surface area contributed by atoms with E-state index in [1.807, 2.05) is 174 Å². The van der Waals surface area contributed by atoms with E-state index in [-0.39, 0.29) is 74.8 Å². The molecule has 27 heteroatoms. The standard InChI is InChI=1S/C29H38N2O6.2C20H20O5.2C19H21NO3.ClH/c1-4-6-14-30(15-7-5-2)26(32)18-31-17-23(21-10-13-24-25(16-21)37-19-36-24)27(29(33)34)28(31)20-8-11-22(35-3)12-9-20;2*1-23-14-5-2-12(3-6-14)15-7-8-16(19(15)20(21)22)13-4-9-17-18(10-13)25-11-24-17;2*1-12-16(14-5-8-17-18(9-14)23-11-22-17)10-20-19(12)13-3-6-15(21-2)7-4-13;/h8-13,16,23,27-28H,4-7,14-15,17-19H2,1-3H3,(H,33,34);2*2-6,9-10,15-16,19H,7-8,11H2,1H3,(H,21,22);2*3-9,12,16,19-20H,10-11H2,1-2H3;1H. The van der Waals surface area contributed by atoms with Crippen molar-refractivity contribution in [3.05, 3.63) is 268 Å². The van der Waals surface area contributed by atoms with Gasteiger partial charge >= 0.3 is 17.9 Å². The zero-order valence-electron chi connectivity index (χ0n) is 77.2. The highest BCUT2D eigenvalue weighted by molar-refractivity contribution is 5.85. The molecule has 0 radical (unpaired) electrons. The molecule has 2 saturated carbocycles. The van der Waals surface area contributed by atoms with Crippen LogP contribution in [0.5, 0.6) is 86.2 Å². The molecule has 0 bridgehead atoms. The molecular weight excluding hydrogens is 1730 g/mol. The maximum atomic E-state index is 13.5. The van der Waals surface area contributed by atoms with Crippen molar-refractivity contribution in [2.24, 2.45) is 29.6 Å². The SMILES string of the molecule is CCCCN(CCCC)C(=O)CN1CC(c2ccc3c(c2)OCO3)C(C(=O)O)C1c1ccc(OC)cc1.COc1ccc(C2CCC(c3ccc4c(c3)OCO4)C2C(=O)O)cc1.COc1ccc(C2CCC(c3ccc4c(c3)OCO4)C2C(=O)O)cc1.COc1ccc(C2NCC(c3ccc4c(c3)OCO4)C2C)cc1.COc1ccc(C2NCC(c3ccc4c(c3)OCO4)C2C)cc1.Cl. The molecule has 2 aliphatic carbocycles. The van der Waals surface area contributed by atoms with Crippen LogP contribution in [0.2, 0.25) is 0 Å². The number of carboxylic acid groups (broad SMARTS) is 3. The zero-order valence-corrected chi connectivity index (χ0v) is 78.0. The van der Waals surface area contributed by atoms with Crippen LogP contribution < -0.4 is 81.7 Å². The smallest absolute Gasteiger partial charge is 0.309 e. The van der Waals surface area contributed by atoms with Gasteiger partial charge in [-0.05, 0) is 251 Å². The Balaban J connectivity index is 0.000000129. The molecule has 5 N–H and O–H groups in total. The molecule has 3 saturated heterocycles. The summed E-state index contributed by atoms with van der Waals surface area (Å²) in [4.78, 5) is 54.4. The number of nitrogens with one attached hydrogen (secondary N) is 2. The number of unbranched alkanes of at least 4 members (excludes halogenated alkanes) is 2. The summed E-state index contributed by atoms with van der Waals surface area (Å²) >= 11 is 0. The van der Waals surface area contributed by atoms with Gasteiger partial charge in [-0.2, -0.15) is 0 Å². The van der Waals surface area contributed by atoms with Crippen LogP contribution in [0.15, 0.2) is 212 Å². The number of carbonyl (C=O) groups excluding carboxylic acids is 1. The maximum absolute atomic E-state index is 13.5. The minimum absolute atomic E-state index is 0. The molecule has 10 aromatic carbocycles. The molecule has 0 aromatic heterocycles. The minimum Gasteiger partial charge on any atom is -0.497 e. The number of likely N-dealkylation sites (tertiary alicyclic amines) is 1. The molecule has 26 nitrogen and oxygen atoms in total. The number of methoxy groups -OCH3 is 5. The fraction of sp³-hybridized carbons (Fsp3) is 0.402. The minimum atomic E-state index is -0.882. The summed E-state index contributed by atoms with van der Waals surface area (Å²) in [6.07, 6.45) is 7.32. The van der Waals surface area contributed by atoms with Crippen molar-refractivity contribution in [2.75, 3.05) is 109 Å². The number of carbonyl (C=O) groups is 4. The Morgan fingerprint density at radius 2 is 0.590 bits per heavy atom. The first kappa shape index (κ1) is 95.8. The van der Waals surface area contributed by atoms with Crippen molar-refractivity contribution in [1.29, 1.82) is 0 Å². The Morgan fingerprint density at radius 1 is 0.336 bits per heavy atom. The van der Waals surface area contributed by atoms with Gasteiger partial charge in [0.2, 0.25) is 39.9 Å². The number of hydrogen-bond acceptors (Lipinski definition) is 22. The summed E-state index contributed by atoms with van der Waals surface area (Å²) in [5.74, 6) is 9.22. The second-order valence-corrected chi connectivity index (χ2v) is 35.4. The summed E-state index contributed by atoms with van der Waals surface area (Å²) in [7, 11) is 8.25. The second-order valence-electron chi connectivity index (χ2n) is 35.4. The van der Waals surface area contributed by atoms with E-state index in [0.717, 1.165) is 168 Å². The van der Waals surface area contributed by atoms with Crippen molar-refractivity contribution in [2.45, 2.75) is 139 Å². The summed E-state index contributed by atoms with van der Waals surface area (Å²) in [5, 5.41) is 37.6. The van der Waals surface area contributed by atoms with E-state index in [9.17, 15) is 34.5 Å². The molecule has 10 aromatic rings. The van der Waals surface area contributed by atoms with Gasteiger partial charge in [-0.3, -0.25) is 24.1 Å². The van der Waals surface area contributed by atoms with Crippen LogP contribution in [0, 0.1) is 29.6 Å². The Labute approximate surface area is 789 Å². The van der Waals surface area contributed by atoms with Gasteiger partial charge in [0.05, 0.1) is 59.8 Å². The van der Waals surface area contributed by atoms with E-state index < -0.39 is 41.7 Å². The van der Waals surface area contributed by atoms with Crippen molar-refractivity contribution >= 4 is 36.2 Å². The largest absolute Gasteiger partial charge is 0.497 e. The molecular formula is C107H121ClN4O22. The molecule has 8 aliphatic heterocycles. The second kappa shape index (κ2) is 44.4. The van der Waals surface area contributed by atoms with Crippen LogP contribution in [0.4, 0.5) is 0 Å². The molecule has 20 rings (SSSR count). The van der Waals surface area contributed by atoms with Crippen molar-refractivity contribution in [3.63, 3.8) is 0 Å². The summed E-state index contributed by atoms with van der Waals surface area (Å²) in [6.45, 7) is 14.1. The fourth-order valence-electron chi connectivity index (χ4n) is 20.9. The summed E-state index contributed by atoms with van der Waals surface area (Å²) in [5.41, 5.74) is 11.1. The van der Waals surface area contributed by atoms with Crippen LogP contribution in [-0.2, 0) is 19.2 Å². The highest BCUT2D eigenvalue weighted by Crippen LogP contribution is 2.55. The van der Waals surface area contributed by atoms with E-state index in [1.165, 1.54) is 22.3 Å². The number of rotatable bonds is 26. The van der Waals surface area contributed by atoms with Gasteiger partial charge in [-0.15, -0.1) is 12.4 Å². The third-order valence-electron chi connectivity index (χ3n) is 28.1. The number of halogens is 1. The lowest BCUT2D eigenvalue weighted by molar-refractivity contribution is -0.144. The lowest BCUT2D eigenvalue weighted by Gasteiger charge is -2.30. The summed E-state index contributed by atoms with van der Waals surface area (Å²) < 4.78 is 80.7. The van der Waals surface area contributed by atoms with Crippen LogP contribution in [0.3, 0.4) is 0 Å². The average Bonchev–Trinajstić information content (AvgIpc) is 1.61. The molecule has 15 unspecified atom stereocenters. The molecule has 10 aliphatic rings. The normalized spacial score (nSPS) is 23.5. The van der Waals surface area contributed by atoms with E-state index >= 15 is 0 Å². The number of hydrogen-bond donors (Lipinski definition) is 5. The first-order chi connectivity index (χ1) is 64.8. The fourth-order valence-corrected chi connectivity index (χ4v) is 20.9. The Hall–Kier alpha value is -12.8. The first-order valence-electron chi connectivity index (χ1n) is 46.2. The lowest BCUT2D eigenvalue weighted by atomic mass is 9.82. The third-order valence-corrected chi connectivity index (χ3v) is 28.1. The Morgan fingerprint density at radius 3 is 0.873 bits per heavy atom. The molecule has 0 spiro atoms. The van der Waals surface area contributed by atoms with Crippen LogP contribution in [0.25, 0.3) is 0 Å². The number of ether oxygens (including phenoxy) is 15. The predicted octanol–water partition coefficient (Wildman–Crippen LogP) is 19.7. The molecule has 15 atom stereocenters. The topological polar surface area (TPSA) is 298 Å². The maximum Gasteiger partial charge on any atom is 0.309 e. The molecule has 5 fully saturated rings. The number of nitrogens with zero attached hydrogens (tertiary/aromatic N) is 2. The van der Waals surface area contributed by atoms with Gasteiger partial charge in [0.15, 0.2) is 57.5 Å². The van der Waals surface area contributed by atoms with E-state index in [1.54, 1.807) is 35.5 Å². The van der Waals surface area contributed by atoms with E-state index in [0.29, 0.717) is 84.6 Å². The van der Waals surface area contributed by atoms with Gasteiger partial charge in [0, 0.05) is 68.6 Å². The molecule has 134 heavy (non-hydrogen) atoms. The van der Waals surface area contributed by atoms with Gasteiger partial charge in [-0.1, -0.05) is 132 Å². The molecule has 8 heterocycles. The van der Waals surface area contributed by atoms with Gasteiger partial charge in [-0.25, -0.2) is 0 Å². The predicted molar refractivity (Wildman–Crippen MR) is 507 cm³/mol. The molecule has 1 amide bonds. The molecule has 708 valence electrons. The van der Waals surface area contributed by atoms with Crippen LogP contribution >= 0.6 is 12.4 Å². The third kappa shape index (κ3) is 21.5. The highest BCUT2D eigenvalue weighted by atomic mass is 35.5. The van der Waals surface area contributed by atoms with Crippen LogP contribution in [0.1, 0.15) is 194 Å². The van der Waals surface area contributed by atoms with Gasteiger partial charge in [0.25, 0.3) is 0 Å². The van der Waals surface area contributed by atoms with Gasteiger partial charge < -0.3 is 102 Å². The lowest BCUT2D eigenvalue weighted by Crippen LogP contribution is -2.42. The highest BCUT2D eigenvalue weighted by Gasteiger charge is 2.50. The first-order valence-corrected chi connectivity index (χ1v) is 46.2. The number of benzene rings is 10. The van der Waals surface area contributed by atoms with E-state index in [4.69, 9.17) is 71.1 Å². The van der Waals surface area contributed by atoms with E-state index in [2.05, 4.69) is 86.9 Å². The Bertz CT molecular complexity index is 5370. The van der Waals surface area contributed by atoms with Crippen LogP contribution in [-0.4, -0.2) is 158 Å².